The molecule has 6 heteroatoms. The van der Waals surface area contributed by atoms with Gasteiger partial charge in [0.1, 0.15) is 11.3 Å². The first-order valence-corrected chi connectivity index (χ1v) is 8.86. The minimum Gasteiger partial charge on any atom is -0.508 e. The van der Waals surface area contributed by atoms with Crippen molar-refractivity contribution < 1.29 is 14.3 Å². The van der Waals surface area contributed by atoms with Gasteiger partial charge >= 0.3 is 0 Å². The number of hydrogen-bond acceptors (Lipinski definition) is 5. The first-order valence-electron chi connectivity index (χ1n) is 8.86. The van der Waals surface area contributed by atoms with Crippen molar-refractivity contribution in [3.8, 4) is 17.1 Å². The number of aryl methyl sites for hydroxylation is 3. The molecule has 0 aliphatic rings. The Hall–Kier alpha value is -3.67. The Morgan fingerprint density at radius 3 is 2.43 bits per heavy atom. The summed E-state index contributed by atoms with van der Waals surface area (Å²) in [6, 6.07) is 10.7. The van der Waals surface area contributed by atoms with Crippen molar-refractivity contribution in [2.75, 3.05) is 5.32 Å². The second kappa shape index (κ2) is 6.81. The minimum atomic E-state index is -0.346. The number of furan rings is 1. The Morgan fingerprint density at radius 1 is 1.04 bits per heavy atom. The number of phenols is 1. The number of carbonyl (C=O) groups excluding carboxylic acids is 1. The van der Waals surface area contributed by atoms with Crippen LogP contribution in [0.4, 0.5) is 5.69 Å². The summed E-state index contributed by atoms with van der Waals surface area (Å²) >= 11 is 0. The Balaban J connectivity index is 1.61. The van der Waals surface area contributed by atoms with Crippen LogP contribution in [0.2, 0.25) is 0 Å². The van der Waals surface area contributed by atoms with E-state index in [9.17, 15) is 9.90 Å². The summed E-state index contributed by atoms with van der Waals surface area (Å²) in [7, 11) is 0. The lowest BCUT2D eigenvalue weighted by Gasteiger charge is -2.05. The summed E-state index contributed by atoms with van der Waals surface area (Å²) in [4.78, 5) is 21.3. The first kappa shape index (κ1) is 17.7. The van der Waals surface area contributed by atoms with E-state index < -0.39 is 0 Å². The van der Waals surface area contributed by atoms with Gasteiger partial charge in [0.15, 0.2) is 11.6 Å². The van der Waals surface area contributed by atoms with Crippen molar-refractivity contribution in [3.63, 3.8) is 0 Å². The molecular weight excluding hydrogens is 354 g/mol. The van der Waals surface area contributed by atoms with Gasteiger partial charge in [-0.2, -0.15) is 0 Å². The van der Waals surface area contributed by atoms with E-state index in [4.69, 9.17) is 4.42 Å². The fourth-order valence-corrected chi connectivity index (χ4v) is 3.27. The zero-order valence-electron chi connectivity index (χ0n) is 15.8. The summed E-state index contributed by atoms with van der Waals surface area (Å²) in [5.41, 5.74) is 4.75. The lowest BCUT2D eigenvalue weighted by atomic mass is 10.0. The molecule has 0 aliphatic carbocycles. The Morgan fingerprint density at radius 2 is 1.75 bits per heavy atom. The number of hydrogen-bond donors (Lipinski definition) is 2. The molecule has 0 fully saturated rings. The lowest BCUT2D eigenvalue weighted by Crippen LogP contribution is -2.12. The van der Waals surface area contributed by atoms with Crippen LogP contribution in [0.1, 0.15) is 27.2 Å². The molecule has 140 valence electrons. The third-order valence-electron chi connectivity index (χ3n) is 4.70. The maximum atomic E-state index is 12.7. The average Bonchev–Trinajstić information content (AvgIpc) is 3.04. The third kappa shape index (κ3) is 3.09. The minimum absolute atomic E-state index is 0.143. The SMILES string of the molecule is Cc1ccc(C)c2c(C)c(C(=O)Nc3cnc(-c4cccc(O)c4)nc3)oc12. The van der Waals surface area contributed by atoms with Gasteiger partial charge in [-0.25, -0.2) is 9.97 Å². The quantitative estimate of drug-likeness (QED) is 0.540. The monoisotopic (exact) mass is 373 g/mol. The number of rotatable bonds is 3. The van der Waals surface area contributed by atoms with Crippen molar-refractivity contribution in [2.45, 2.75) is 20.8 Å². The molecular formula is C22H19N3O3. The molecule has 0 radical (unpaired) electrons. The summed E-state index contributed by atoms with van der Waals surface area (Å²) < 4.78 is 5.87. The van der Waals surface area contributed by atoms with Crippen LogP contribution >= 0.6 is 0 Å². The van der Waals surface area contributed by atoms with E-state index in [1.807, 2.05) is 32.9 Å². The second-order valence-electron chi connectivity index (χ2n) is 6.76. The van der Waals surface area contributed by atoms with Crippen LogP contribution in [0.3, 0.4) is 0 Å². The number of nitrogens with one attached hydrogen (secondary N) is 1. The molecule has 0 bridgehead atoms. The smallest absolute Gasteiger partial charge is 0.291 e. The topological polar surface area (TPSA) is 88.2 Å². The van der Waals surface area contributed by atoms with Crippen LogP contribution in [0.5, 0.6) is 5.75 Å². The van der Waals surface area contributed by atoms with Gasteiger partial charge in [0.05, 0.1) is 18.1 Å². The fraction of sp³-hybridized carbons (Fsp3) is 0.136. The number of benzene rings is 2. The van der Waals surface area contributed by atoms with E-state index in [1.54, 1.807) is 24.3 Å². The highest BCUT2D eigenvalue weighted by Gasteiger charge is 2.20. The first-order chi connectivity index (χ1) is 13.4. The Bertz CT molecular complexity index is 1190. The van der Waals surface area contributed by atoms with Crippen molar-refractivity contribution >= 4 is 22.6 Å². The summed E-state index contributed by atoms with van der Waals surface area (Å²) in [6.45, 7) is 5.84. The van der Waals surface area contributed by atoms with Crippen molar-refractivity contribution in [3.05, 3.63) is 71.2 Å². The third-order valence-corrected chi connectivity index (χ3v) is 4.70. The van der Waals surface area contributed by atoms with Gasteiger partial charge in [0, 0.05) is 16.5 Å². The second-order valence-corrected chi connectivity index (χ2v) is 6.76. The molecule has 28 heavy (non-hydrogen) atoms. The molecule has 2 N–H and O–H groups in total. The van der Waals surface area contributed by atoms with E-state index in [1.165, 1.54) is 12.4 Å². The molecule has 2 aromatic heterocycles. The number of nitrogens with zero attached hydrogens (tertiary/aromatic N) is 2. The predicted molar refractivity (Wildman–Crippen MR) is 108 cm³/mol. The van der Waals surface area contributed by atoms with Crippen molar-refractivity contribution in [2.24, 2.45) is 0 Å². The van der Waals surface area contributed by atoms with Gasteiger partial charge in [-0.3, -0.25) is 4.79 Å². The predicted octanol–water partition coefficient (Wildman–Crippen LogP) is 4.77. The van der Waals surface area contributed by atoms with Crippen LogP contribution in [0.25, 0.3) is 22.4 Å². The van der Waals surface area contributed by atoms with Gasteiger partial charge < -0.3 is 14.8 Å². The highest BCUT2D eigenvalue weighted by molar-refractivity contribution is 6.07. The van der Waals surface area contributed by atoms with Crippen LogP contribution in [-0.2, 0) is 0 Å². The normalized spacial score (nSPS) is 11.0. The highest BCUT2D eigenvalue weighted by Crippen LogP contribution is 2.31. The highest BCUT2D eigenvalue weighted by atomic mass is 16.3. The summed E-state index contributed by atoms with van der Waals surface area (Å²) in [5, 5.41) is 13.3. The number of carbonyl (C=O) groups is 1. The zero-order valence-corrected chi connectivity index (χ0v) is 15.8. The van der Waals surface area contributed by atoms with Crippen LogP contribution in [-0.4, -0.2) is 21.0 Å². The molecule has 0 spiro atoms. The molecule has 0 saturated carbocycles. The standard InChI is InChI=1S/C22H19N3O3/c1-12-7-8-13(2)19-18(12)14(3)20(28-19)22(27)25-16-10-23-21(24-11-16)15-5-4-6-17(26)9-15/h4-11,26H,1-3H3,(H,25,27). The number of anilines is 1. The molecule has 0 atom stereocenters. The molecule has 0 aliphatic heterocycles. The Labute approximate surface area is 161 Å². The van der Waals surface area contributed by atoms with Gasteiger partial charge in [0.25, 0.3) is 5.91 Å². The summed E-state index contributed by atoms with van der Waals surface area (Å²) in [6.07, 6.45) is 3.05. The van der Waals surface area contributed by atoms with Gasteiger partial charge in [-0.1, -0.05) is 24.3 Å². The van der Waals surface area contributed by atoms with Crippen LogP contribution < -0.4 is 5.32 Å². The Kier molecular flexibility index (Phi) is 4.31. The van der Waals surface area contributed by atoms with E-state index >= 15 is 0 Å². The molecule has 0 saturated heterocycles. The molecule has 2 aromatic carbocycles. The number of amides is 1. The molecule has 4 aromatic rings. The van der Waals surface area contributed by atoms with Gasteiger partial charge in [-0.15, -0.1) is 0 Å². The average molecular weight is 373 g/mol. The molecule has 1 amide bonds. The molecule has 4 rings (SSSR count). The van der Waals surface area contributed by atoms with Gasteiger partial charge in [0.2, 0.25) is 0 Å². The molecule has 2 heterocycles. The van der Waals surface area contributed by atoms with Gasteiger partial charge in [-0.05, 0) is 44.0 Å². The fourth-order valence-electron chi connectivity index (χ4n) is 3.27. The van der Waals surface area contributed by atoms with Crippen molar-refractivity contribution in [1.82, 2.24) is 9.97 Å². The number of phenolic OH excluding ortho intramolecular Hbond substituents is 1. The van der Waals surface area contributed by atoms with E-state index in [-0.39, 0.29) is 17.4 Å². The van der Waals surface area contributed by atoms with E-state index in [0.29, 0.717) is 17.1 Å². The number of aromatic hydroxyl groups is 1. The van der Waals surface area contributed by atoms with Crippen LogP contribution in [0.15, 0.2) is 53.2 Å². The number of fused-ring (bicyclic) bond motifs is 1. The lowest BCUT2D eigenvalue weighted by molar-refractivity contribution is 0.0998. The number of aromatic nitrogens is 2. The van der Waals surface area contributed by atoms with E-state index in [2.05, 4.69) is 15.3 Å². The van der Waals surface area contributed by atoms with E-state index in [0.717, 1.165) is 27.7 Å². The maximum Gasteiger partial charge on any atom is 0.291 e. The van der Waals surface area contributed by atoms with Crippen molar-refractivity contribution in [1.29, 1.82) is 0 Å². The maximum absolute atomic E-state index is 12.7. The van der Waals surface area contributed by atoms with Crippen LogP contribution in [0, 0.1) is 20.8 Å². The summed E-state index contributed by atoms with van der Waals surface area (Å²) in [5.74, 6) is 0.537. The molecule has 0 unspecified atom stereocenters. The largest absolute Gasteiger partial charge is 0.508 e. The zero-order chi connectivity index (χ0) is 19.8. The molecule has 6 nitrogen and oxygen atoms in total.